The molecule has 0 spiro atoms. The lowest BCUT2D eigenvalue weighted by atomic mass is 10.6. The Bertz CT molecular complexity index is 72.8. The number of hydrogen-bond donors (Lipinski definition) is 1. The number of thioether (sulfide) groups is 1. The van der Waals surface area contributed by atoms with Crippen LogP contribution in [0.4, 0.5) is 0 Å². The van der Waals surface area contributed by atoms with E-state index in [-0.39, 0.29) is 5.12 Å². The second-order valence-corrected chi connectivity index (χ2v) is 3.14. The molecule has 48 valence electrons. The fourth-order valence-corrected chi connectivity index (χ4v) is 1.23. The van der Waals surface area contributed by atoms with Gasteiger partial charge in [0.15, 0.2) is 5.12 Å². The Labute approximate surface area is 59.6 Å². The van der Waals surface area contributed by atoms with Crippen LogP contribution in [-0.2, 0) is 4.79 Å². The van der Waals surface area contributed by atoms with Crippen LogP contribution in [0.1, 0.15) is 13.3 Å². The topological polar surface area (TPSA) is 17.1 Å². The summed E-state index contributed by atoms with van der Waals surface area (Å²) in [5, 5.41) is 0.201. The van der Waals surface area contributed by atoms with Crippen molar-refractivity contribution in [2.24, 2.45) is 0 Å². The molecule has 0 aliphatic heterocycles. The molecule has 3 heteroatoms. The van der Waals surface area contributed by atoms with Crippen LogP contribution < -0.4 is 0 Å². The molecular formula is C5H10OS2. The number of hydrogen-bond acceptors (Lipinski definition) is 3. The van der Waals surface area contributed by atoms with Gasteiger partial charge >= 0.3 is 0 Å². The summed E-state index contributed by atoms with van der Waals surface area (Å²) in [6, 6.07) is 0. The summed E-state index contributed by atoms with van der Waals surface area (Å²) in [5.74, 6) is 1.79. The van der Waals surface area contributed by atoms with Gasteiger partial charge in [0.25, 0.3) is 0 Å². The first-order valence-corrected chi connectivity index (χ1v) is 4.13. The van der Waals surface area contributed by atoms with E-state index in [4.69, 9.17) is 0 Å². The number of thiol groups is 1. The summed E-state index contributed by atoms with van der Waals surface area (Å²) in [6.45, 7) is 1.59. The van der Waals surface area contributed by atoms with E-state index in [2.05, 4.69) is 12.6 Å². The molecule has 0 saturated carbocycles. The van der Waals surface area contributed by atoms with Crippen molar-refractivity contribution in [2.45, 2.75) is 13.3 Å². The third-order valence-electron chi connectivity index (χ3n) is 0.608. The highest BCUT2D eigenvalue weighted by atomic mass is 32.2. The maximum atomic E-state index is 10.3. The van der Waals surface area contributed by atoms with Crippen LogP contribution in [0.3, 0.4) is 0 Å². The molecule has 0 aromatic rings. The van der Waals surface area contributed by atoms with Crippen molar-refractivity contribution in [3.05, 3.63) is 0 Å². The lowest BCUT2D eigenvalue weighted by Crippen LogP contribution is -1.85. The van der Waals surface area contributed by atoms with Crippen LogP contribution in [0, 0.1) is 0 Å². The second kappa shape index (κ2) is 5.51. The molecule has 0 amide bonds. The lowest BCUT2D eigenvalue weighted by Gasteiger charge is -1.90. The van der Waals surface area contributed by atoms with E-state index in [0.717, 1.165) is 17.9 Å². The molecule has 0 aliphatic carbocycles. The van der Waals surface area contributed by atoms with E-state index < -0.39 is 0 Å². The van der Waals surface area contributed by atoms with E-state index >= 15 is 0 Å². The molecule has 0 rings (SSSR count). The molecule has 0 atom stereocenters. The molecule has 0 bridgehead atoms. The van der Waals surface area contributed by atoms with Crippen LogP contribution in [-0.4, -0.2) is 16.6 Å². The SMILES string of the molecule is CC(=O)SCCCS. The Morgan fingerprint density at radius 1 is 1.75 bits per heavy atom. The summed E-state index contributed by atoms with van der Waals surface area (Å²) >= 11 is 5.37. The third kappa shape index (κ3) is 6.37. The van der Waals surface area contributed by atoms with Crippen molar-refractivity contribution in [3.8, 4) is 0 Å². The van der Waals surface area contributed by atoms with Gasteiger partial charge in [-0.25, -0.2) is 0 Å². The predicted molar refractivity (Wildman–Crippen MR) is 41.6 cm³/mol. The van der Waals surface area contributed by atoms with Gasteiger partial charge < -0.3 is 0 Å². The molecule has 0 radical (unpaired) electrons. The van der Waals surface area contributed by atoms with Gasteiger partial charge in [0.1, 0.15) is 0 Å². The number of carbonyl (C=O) groups excluding carboxylic acids is 1. The minimum Gasteiger partial charge on any atom is -0.288 e. The van der Waals surface area contributed by atoms with E-state index in [1.54, 1.807) is 6.92 Å². The molecule has 0 aliphatic rings. The quantitative estimate of drug-likeness (QED) is 0.486. The van der Waals surface area contributed by atoms with Crippen molar-refractivity contribution in [1.82, 2.24) is 0 Å². The van der Waals surface area contributed by atoms with Crippen LogP contribution >= 0.6 is 24.4 Å². The minimum absolute atomic E-state index is 0.201. The molecule has 0 fully saturated rings. The third-order valence-corrected chi connectivity index (χ3v) is 1.82. The predicted octanol–water partition coefficient (Wildman–Crippen LogP) is 1.59. The first kappa shape index (κ1) is 8.37. The smallest absolute Gasteiger partial charge is 0.185 e. The second-order valence-electron chi connectivity index (χ2n) is 1.42. The van der Waals surface area contributed by atoms with Crippen molar-refractivity contribution in [2.75, 3.05) is 11.5 Å². The van der Waals surface area contributed by atoms with Crippen molar-refractivity contribution >= 4 is 29.5 Å². The van der Waals surface area contributed by atoms with Crippen LogP contribution in [0.2, 0.25) is 0 Å². The molecular weight excluding hydrogens is 140 g/mol. The maximum absolute atomic E-state index is 10.3. The molecule has 0 N–H and O–H groups in total. The van der Waals surface area contributed by atoms with Crippen LogP contribution in [0.5, 0.6) is 0 Å². The van der Waals surface area contributed by atoms with Crippen LogP contribution in [0.15, 0.2) is 0 Å². The highest BCUT2D eigenvalue weighted by Gasteiger charge is 1.90. The largest absolute Gasteiger partial charge is 0.288 e. The maximum Gasteiger partial charge on any atom is 0.185 e. The number of carbonyl (C=O) groups is 1. The summed E-state index contributed by atoms with van der Waals surface area (Å²) in [5.41, 5.74) is 0. The van der Waals surface area contributed by atoms with Crippen molar-refractivity contribution in [1.29, 1.82) is 0 Å². The van der Waals surface area contributed by atoms with Gasteiger partial charge in [-0.15, -0.1) is 0 Å². The normalized spacial score (nSPS) is 9.25. The van der Waals surface area contributed by atoms with Gasteiger partial charge in [-0.2, -0.15) is 12.6 Å². The van der Waals surface area contributed by atoms with Crippen LogP contribution in [0.25, 0.3) is 0 Å². The van der Waals surface area contributed by atoms with Crippen molar-refractivity contribution in [3.63, 3.8) is 0 Å². The monoisotopic (exact) mass is 150 g/mol. The Morgan fingerprint density at radius 3 is 2.75 bits per heavy atom. The molecule has 0 aromatic carbocycles. The zero-order chi connectivity index (χ0) is 6.41. The fraction of sp³-hybridized carbons (Fsp3) is 0.800. The average molecular weight is 150 g/mol. The first-order valence-electron chi connectivity index (χ1n) is 2.51. The van der Waals surface area contributed by atoms with Gasteiger partial charge in [0.05, 0.1) is 0 Å². The first-order chi connectivity index (χ1) is 3.77. The number of rotatable bonds is 3. The molecule has 0 aromatic heterocycles. The molecule has 1 nitrogen and oxygen atoms in total. The molecule has 8 heavy (non-hydrogen) atoms. The van der Waals surface area contributed by atoms with E-state index in [1.807, 2.05) is 0 Å². The Hall–Kier alpha value is 0.370. The minimum atomic E-state index is 0.201. The van der Waals surface area contributed by atoms with E-state index in [0.29, 0.717) is 0 Å². The average Bonchev–Trinajstić information content (AvgIpc) is 1.66. The van der Waals surface area contributed by atoms with Gasteiger partial charge in [-0.3, -0.25) is 4.79 Å². The fourth-order valence-electron chi connectivity index (χ4n) is 0.280. The summed E-state index contributed by atoms with van der Waals surface area (Å²) in [6.07, 6.45) is 1.02. The lowest BCUT2D eigenvalue weighted by molar-refractivity contribution is -0.109. The zero-order valence-corrected chi connectivity index (χ0v) is 6.60. The standard InChI is InChI=1S/C5H10OS2/c1-5(6)8-4-2-3-7/h7H,2-4H2,1H3. The molecule has 0 saturated heterocycles. The van der Waals surface area contributed by atoms with Gasteiger partial charge in [-0.1, -0.05) is 11.8 Å². The Kier molecular flexibility index (Phi) is 5.76. The van der Waals surface area contributed by atoms with Gasteiger partial charge in [-0.05, 0) is 12.2 Å². The summed E-state index contributed by atoms with van der Waals surface area (Å²) < 4.78 is 0. The zero-order valence-electron chi connectivity index (χ0n) is 4.89. The van der Waals surface area contributed by atoms with Gasteiger partial charge in [0, 0.05) is 12.7 Å². The van der Waals surface area contributed by atoms with Crippen molar-refractivity contribution < 1.29 is 4.79 Å². The Balaban J connectivity index is 2.82. The molecule has 0 heterocycles. The highest BCUT2D eigenvalue weighted by Crippen LogP contribution is 2.02. The van der Waals surface area contributed by atoms with Gasteiger partial charge in [0.2, 0.25) is 0 Å². The molecule has 0 unspecified atom stereocenters. The Morgan fingerprint density at radius 2 is 2.38 bits per heavy atom. The summed E-state index contributed by atoms with van der Waals surface area (Å²) in [7, 11) is 0. The highest BCUT2D eigenvalue weighted by molar-refractivity contribution is 8.13. The van der Waals surface area contributed by atoms with E-state index in [9.17, 15) is 4.79 Å². The van der Waals surface area contributed by atoms with E-state index in [1.165, 1.54) is 11.8 Å². The summed E-state index contributed by atoms with van der Waals surface area (Å²) in [4.78, 5) is 10.3.